The number of ether oxygens (including phenoxy) is 3. The number of nitrogens with one attached hydrogen (secondary N) is 2. The molecule has 28 heavy (non-hydrogen) atoms. The number of fused-ring (bicyclic) bond motifs is 1. The molecule has 1 aliphatic heterocycles. The van der Waals surface area contributed by atoms with Crippen LogP contribution in [-0.4, -0.2) is 24.3 Å². The predicted molar refractivity (Wildman–Crippen MR) is 99.0 cm³/mol. The number of rotatable bonds is 6. The van der Waals surface area contributed by atoms with Crippen LogP contribution in [0.15, 0.2) is 47.8 Å². The highest BCUT2D eigenvalue weighted by molar-refractivity contribution is 7.14. The smallest absolute Gasteiger partial charge is 0.387 e. The van der Waals surface area contributed by atoms with Gasteiger partial charge in [-0.2, -0.15) is 8.78 Å². The Balaban J connectivity index is 1.39. The lowest BCUT2D eigenvalue weighted by atomic mass is 10.2. The van der Waals surface area contributed by atoms with Gasteiger partial charge < -0.3 is 24.8 Å². The van der Waals surface area contributed by atoms with E-state index >= 15 is 0 Å². The van der Waals surface area contributed by atoms with E-state index in [1.807, 2.05) is 0 Å². The van der Waals surface area contributed by atoms with Crippen LogP contribution >= 0.6 is 11.3 Å². The van der Waals surface area contributed by atoms with Crippen molar-refractivity contribution in [2.24, 2.45) is 0 Å². The van der Waals surface area contributed by atoms with Crippen LogP contribution < -0.4 is 24.8 Å². The molecule has 0 bridgehead atoms. The fraction of sp³-hybridized carbons (Fsp3) is 0.111. The minimum Gasteiger partial charge on any atom is -0.454 e. The van der Waals surface area contributed by atoms with Gasteiger partial charge in [0.05, 0.1) is 0 Å². The molecular weight excluding hydrogens is 392 g/mol. The van der Waals surface area contributed by atoms with E-state index in [1.54, 1.807) is 35.7 Å². The van der Waals surface area contributed by atoms with Gasteiger partial charge in [0, 0.05) is 22.8 Å². The van der Waals surface area contributed by atoms with Crippen LogP contribution in [0.3, 0.4) is 0 Å². The first kappa shape index (κ1) is 18.0. The maximum Gasteiger partial charge on any atom is 0.387 e. The molecule has 1 aliphatic rings. The number of carbonyl (C=O) groups is 1. The van der Waals surface area contributed by atoms with E-state index in [-0.39, 0.29) is 24.1 Å². The summed E-state index contributed by atoms with van der Waals surface area (Å²) >= 11 is 1.24. The van der Waals surface area contributed by atoms with Gasteiger partial charge in [-0.3, -0.25) is 4.79 Å². The number of carbonyl (C=O) groups excluding carboxylic acids is 1. The first-order valence-corrected chi connectivity index (χ1v) is 8.93. The molecule has 144 valence electrons. The van der Waals surface area contributed by atoms with Gasteiger partial charge in [0.1, 0.15) is 11.4 Å². The second-order valence-corrected chi connectivity index (χ2v) is 6.45. The number of aromatic nitrogens is 1. The van der Waals surface area contributed by atoms with E-state index in [0.717, 1.165) is 0 Å². The molecule has 10 heteroatoms. The van der Waals surface area contributed by atoms with E-state index in [0.29, 0.717) is 28.0 Å². The van der Waals surface area contributed by atoms with Gasteiger partial charge in [0.15, 0.2) is 16.6 Å². The van der Waals surface area contributed by atoms with Crippen molar-refractivity contribution < 1.29 is 27.8 Å². The Labute approximate surface area is 161 Å². The van der Waals surface area contributed by atoms with Gasteiger partial charge in [-0.05, 0) is 36.4 Å². The summed E-state index contributed by atoms with van der Waals surface area (Å²) < 4.78 is 39.1. The summed E-state index contributed by atoms with van der Waals surface area (Å²) in [4.78, 5) is 16.6. The van der Waals surface area contributed by atoms with Crippen molar-refractivity contribution in [1.29, 1.82) is 0 Å². The molecule has 0 fully saturated rings. The fourth-order valence-corrected chi connectivity index (χ4v) is 3.16. The molecule has 7 nitrogen and oxygen atoms in total. The summed E-state index contributed by atoms with van der Waals surface area (Å²) in [7, 11) is 0. The summed E-state index contributed by atoms with van der Waals surface area (Å²) in [5.41, 5.74) is 1.42. The second-order valence-electron chi connectivity index (χ2n) is 5.59. The minimum atomic E-state index is -2.87. The number of thiazole rings is 1. The lowest BCUT2D eigenvalue weighted by Crippen LogP contribution is -2.12. The standard InChI is InChI=1S/C18H13F2N3O4S/c19-17(20)27-12-4-1-10(2-5-12)22-18-23-13(8-28-18)16(24)21-11-3-6-14-15(7-11)26-9-25-14/h1-8,17H,9H2,(H,21,24)(H,22,23). The van der Waals surface area contributed by atoms with Gasteiger partial charge >= 0.3 is 6.61 Å². The van der Waals surface area contributed by atoms with E-state index in [2.05, 4.69) is 20.4 Å². The van der Waals surface area contributed by atoms with E-state index in [1.165, 1.54) is 23.5 Å². The molecule has 0 aliphatic carbocycles. The van der Waals surface area contributed by atoms with E-state index in [9.17, 15) is 13.6 Å². The van der Waals surface area contributed by atoms with Crippen molar-refractivity contribution in [2.45, 2.75) is 6.61 Å². The zero-order valence-electron chi connectivity index (χ0n) is 14.1. The highest BCUT2D eigenvalue weighted by atomic mass is 32.1. The second kappa shape index (κ2) is 7.69. The molecule has 0 saturated heterocycles. The van der Waals surface area contributed by atoms with Crippen molar-refractivity contribution in [2.75, 3.05) is 17.4 Å². The maximum atomic E-state index is 12.4. The normalized spacial score (nSPS) is 12.1. The third kappa shape index (κ3) is 4.12. The Kier molecular flexibility index (Phi) is 4.94. The molecule has 2 N–H and O–H groups in total. The van der Waals surface area contributed by atoms with Crippen LogP contribution in [0.25, 0.3) is 0 Å². The molecule has 4 rings (SSSR count). The Morgan fingerprint density at radius 3 is 2.64 bits per heavy atom. The van der Waals surface area contributed by atoms with Gasteiger partial charge in [0.2, 0.25) is 6.79 Å². The van der Waals surface area contributed by atoms with Crippen molar-refractivity contribution in [3.63, 3.8) is 0 Å². The molecular formula is C18H13F2N3O4S. The Morgan fingerprint density at radius 1 is 1.11 bits per heavy atom. The summed E-state index contributed by atoms with van der Waals surface area (Å²) in [6.45, 7) is -2.72. The quantitative estimate of drug-likeness (QED) is 0.630. The van der Waals surface area contributed by atoms with Gasteiger partial charge in [-0.25, -0.2) is 4.98 Å². The minimum absolute atomic E-state index is 0.0588. The molecule has 1 aromatic heterocycles. The molecule has 2 heterocycles. The third-order valence-corrected chi connectivity index (χ3v) is 4.46. The van der Waals surface area contributed by atoms with Crippen LogP contribution in [0.5, 0.6) is 17.2 Å². The zero-order valence-corrected chi connectivity index (χ0v) is 15.0. The predicted octanol–water partition coefficient (Wildman–Crippen LogP) is 4.47. The number of benzene rings is 2. The number of halogens is 2. The Bertz CT molecular complexity index is 995. The summed E-state index contributed by atoms with van der Waals surface area (Å²) in [6, 6.07) is 11.1. The number of hydrogen-bond donors (Lipinski definition) is 2. The van der Waals surface area contributed by atoms with Gasteiger partial charge in [-0.15, -0.1) is 11.3 Å². The first-order valence-electron chi connectivity index (χ1n) is 8.05. The monoisotopic (exact) mass is 405 g/mol. The average Bonchev–Trinajstić information content (AvgIpc) is 3.32. The van der Waals surface area contributed by atoms with E-state index in [4.69, 9.17) is 9.47 Å². The van der Waals surface area contributed by atoms with Crippen LogP contribution in [0.2, 0.25) is 0 Å². The Morgan fingerprint density at radius 2 is 1.86 bits per heavy atom. The maximum absolute atomic E-state index is 12.4. The SMILES string of the molecule is O=C(Nc1ccc2c(c1)OCO2)c1csc(Nc2ccc(OC(F)F)cc2)n1. The number of alkyl halides is 2. The van der Waals surface area contributed by atoms with Crippen LogP contribution in [0.4, 0.5) is 25.3 Å². The number of amides is 1. The summed E-state index contributed by atoms with van der Waals surface area (Å²) in [5.74, 6) is 0.883. The summed E-state index contributed by atoms with van der Waals surface area (Å²) in [6.07, 6.45) is 0. The zero-order chi connectivity index (χ0) is 19.5. The highest BCUT2D eigenvalue weighted by Gasteiger charge is 2.16. The van der Waals surface area contributed by atoms with Crippen molar-refractivity contribution in [3.8, 4) is 17.2 Å². The fourth-order valence-electron chi connectivity index (χ4n) is 2.45. The molecule has 2 aromatic carbocycles. The molecule has 0 atom stereocenters. The summed E-state index contributed by atoms with van der Waals surface area (Å²) in [5, 5.41) is 7.85. The number of anilines is 3. The number of hydrogen-bond acceptors (Lipinski definition) is 7. The molecule has 0 saturated carbocycles. The lowest BCUT2D eigenvalue weighted by Gasteiger charge is -2.06. The lowest BCUT2D eigenvalue weighted by molar-refractivity contribution is -0.0498. The third-order valence-electron chi connectivity index (χ3n) is 3.70. The highest BCUT2D eigenvalue weighted by Crippen LogP contribution is 2.34. The van der Waals surface area contributed by atoms with E-state index < -0.39 is 6.61 Å². The topological polar surface area (TPSA) is 81.7 Å². The van der Waals surface area contributed by atoms with Crippen LogP contribution in [0.1, 0.15) is 10.5 Å². The van der Waals surface area contributed by atoms with Crippen LogP contribution in [-0.2, 0) is 0 Å². The van der Waals surface area contributed by atoms with Crippen molar-refractivity contribution in [3.05, 3.63) is 53.5 Å². The molecule has 0 unspecified atom stereocenters. The van der Waals surface area contributed by atoms with Crippen molar-refractivity contribution in [1.82, 2.24) is 4.98 Å². The van der Waals surface area contributed by atoms with Crippen LogP contribution in [0, 0.1) is 0 Å². The molecule has 3 aromatic rings. The number of nitrogens with zero attached hydrogens (tertiary/aromatic N) is 1. The van der Waals surface area contributed by atoms with Gasteiger partial charge in [0.25, 0.3) is 5.91 Å². The molecule has 0 radical (unpaired) electrons. The average molecular weight is 405 g/mol. The molecule has 1 amide bonds. The Hall–Kier alpha value is -3.40. The van der Waals surface area contributed by atoms with Crippen molar-refractivity contribution >= 4 is 33.8 Å². The molecule has 0 spiro atoms. The first-order chi connectivity index (χ1) is 13.6. The van der Waals surface area contributed by atoms with Gasteiger partial charge in [-0.1, -0.05) is 0 Å². The largest absolute Gasteiger partial charge is 0.454 e.